The van der Waals surface area contributed by atoms with E-state index in [1.807, 2.05) is 10.3 Å². The fourth-order valence-electron chi connectivity index (χ4n) is 2.56. The zero-order valence-corrected chi connectivity index (χ0v) is 14.0. The average Bonchev–Trinajstić information content (AvgIpc) is 3.07. The van der Waals surface area contributed by atoms with Crippen LogP contribution in [0.1, 0.15) is 21.7 Å². The quantitative estimate of drug-likeness (QED) is 0.848. The SMILES string of the molecule is O=C(c1sccc1Cl)N1CCCN(Cc2ccsc2)CC1. The molecule has 2 aromatic heterocycles. The second-order valence-electron chi connectivity index (χ2n) is 5.15. The molecule has 3 rings (SSSR count). The number of hydrogen-bond acceptors (Lipinski definition) is 4. The van der Waals surface area contributed by atoms with Gasteiger partial charge in [-0.25, -0.2) is 0 Å². The molecule has 0 aliphatic carbocycles. The van der Waals surface area contributed by atoms with Crippen LogP contribution in [0.3, 0.4) is 0 Å². The zero-order valence-electron chi connectivity index (χ0n) is 11.6. The van der Waals surface area contributed by atoms with E-state index in [0.29, 0.717) is 9.90 Å². The van der Waals surface area contributed by atoms with Crippen molar-refractivity contribution in [2.24, 2.45) is 0 Å². The Morgan fingerprint density at radius 3 is 2.81 bits per heavy atom. The predicted octanol–water partition coefficient (Wildman–Crippen LogP) is 3.81. The van der Waals surface area contributed by atoms with Crippen LogP contribution in [-0.4, -0.2) is 41.9 Å². The van der Waals surface area contributed by atoms with E-state index in [-0.39, 0.29) is 5.91 Å². The fraction of sp³-hybridized carbons (Fsp3) is 0.400. The third kappa shape index (κ3) is 3.66. The van der Waals surface area contributed by atoms with Crippen molar-refractivity contribution < 1.29 is 4.79 Å². The average molecular weight is 341 g/mol. The van der Waals surface area contributed by atoms with Crippen LogP contribution in [0, 0.1) is 0 Å². The van der Waals surface area contributed by atoms with Gasteiger partial charge in [-0.15, -0.1) is 11.3 Å². The Morgan fingerprint density at radius 2 is 2.10 bits per heavy atom. The molecule has 0 spiro atoms. The van der Waals surface area contributed by atoms with E-state index in [4.69, 9.17) is 11.6 Å². The lowest BCUT2D eigenvalue weighted by atomic mass is 10.3. The Hall–Kier alpha value is -0.880. The summed E-state index contributed by atoms with van der Waals surface area (Å²) >= 11 is 9.23. The normalized spacial score (nSPS) is 16.9. The second-order valence-corrected chi connectivity index (χ2v) is 7.25. The Balaban J connectivity index is 1.60. The molecule has 0 radical (unpaired) electrons. The van der Waals surface area contributed by atoms with Crippen LogP contribution in [0.15, 0.2) is 28.3 Å². The highest BCUT2D eigenvalue weighted by molar-refractivity contribution is 7.12. The van der Waals surface area contributed by atoms with Gasteiger partial charge in [-0.2, -0.15) is 11.3 Å². The van der Waals surface area contributed by atoms with Crippen molar-refractivity contribution in [1.82, 2.24) is 9.80 Å². The van der Waals surface area contributed by atoms with Gasteiger partial charge < -0.3 is 4.90 Å². The van der Waals surface area contributed by atoms with Crippen molar-refractivity contribution in [3.8, 4) is 0 Å². The molecule has 112 valence electrons. The first kappa shape index (κ1) is 15.0. The minimum absolute atomic E-state index is 0.0763. The molecule has 21 heavy (non-hydrogen) atoms. The summed E-state index contributed by atoms with van der Waals surface area (Å²) in [4.78, 5) is 17.5. The van der Waals surface area contributed by atoms with Crippen molar-refractivity contribution in [2.75, 3.05) is 26.2 Å². The molecule has 1 aliphatic heterocycles. The lowest BCUT2D eigenvalue weighted by molar-refractivity contribution is 0.0766. The zero-order chi connectivity index (χ0) is 14.7. The molecule has 6 heteroatoms. The van der Waals surface area contributed by atoms with E-state index in [1.54, 1.807) is 17.4 Å². The number of nitrogens with zero attached hydrogens (tertiary/aromatic N) is 2. The summed E-state index contributed by atoms with van der Waals surface area (Å²) in [7, 11) is 0. The molecule has 3 nitrogen and oxygen atoms in total. The number of carbonyl (C=O) groups excluding carboxylic acids is 1. The minimum Gasteiger partial charge on any atom is -0.337 e. The molecule has 3 heterocycles. The molecule has 0 atom stereocenters. The molecule has 0 N–H and O–H groups in total. The van der Waals surface area contributed by atoms with E-state index >= 15 is 0 Å². The molecule has 2 aromatic rings. The molecule has 1 fully saturated rings. The maximum atomic E-state index is 12.5. The third-order valence-electron chi connectivity index (χ3n) is 3.67. The highest BCUT2D eigenvalue weighted by atomic mass is 35.5. The summed E-state index contributed by atoms with van der Waals surface area (Å²) in [6.45, 7) is 4.53. The van der Waals surface area contributed by atoms with Crippen LogP contribution in [-0.2, 0) is 6.54 Å². The standard InChI is InChI=1S/C15H17ClN2OS2/c16-13-3-9-21-14(13)15(19)18-5-1-4-17(6-7-18)10-12-2-8-20-11-12/h2-3,8-9,11H,1,4-7,10H2. The van der Waals surface area contributed by atoms with Gasteiger partial charge >= 0.3 is 0 Å². The molecule has 0 aromatic carbocycles. The van der Waals surface area contributed by atoms with Gasteiger partial charge in [0.25, 0.3) is 5.91 Å². The summed E-state index contributed by atoms with van der Waals surface area (Å²) in [5, 5.41) is 6.75. The van der Waals surface area contributed by atoms with E-state index in [2.05, 4.69) is 21.7 Å². The van der Waals surface area contributed by atoms with Crippen molar-refractivity contribution >= 4 is 40.2 Å². The van der Waals surface area contributed by atoms with Gasteiger partial charge in [-0.1, -0.05) is 11.6 Å². The van der Waals surface area contributed by atoms with E-state index in [1.165, 1.54) is 16.9 Å². The molecule has 1 aliphatic rings. The Morgan fingerprint density at radius 1 is 1.19 bits per heavy atom. The number of amides is 1. The van der Waals surface area contributed by atoms with Gasteiger partial charge in [0.15, 0.2) is 0 Å². The summed E-state index contributed by atoms with van der Waals surface area (Å²) in [6, 6.07) is 3.96. The maximum absolute atomic E-state index is 12.5. The van der Waals surface area contributed by atoms with Crippen molar-refractivity contribution in [2.45, 2.75) is 13.0 Å². The molecular formula is C15H17ClN2OS2. The highest BCUT2D eigenvalue weighted by Crippen LogP contribution is 2.24. The lowest BCUT2D eigenvalue weighted by Gasteiger charge is -2.21. The summed E-state index contributed by atoms with van der Waals surface area (Å²) < 4.78 is 0. The maximum Gasteiger partial charge on any atom is 0.265 e. The number of carbonyl (C=O) groups is 1. The lowest BCUT2D eigenvalue weighted by Crippen LogP contribution is -2.34. The van der Waals surface area contributed by atoms with Gasteiger partial charge in [-0.3, -0.25) is 9.69 Å². The van der Waals surface area contributed by atoms with Crippen LogP contribution >= 0.6 is 34.3 Å². The van der Waals surface area contributed by atoms with Crippen molar-refractivity contribution in [3.63, 3.8) is 0 Å². The number of rotatable bonds is 3. The van der Waals surface area contributed by atoms with Gasteiger partial charge in [0, 0.05) is 32.7 Å². The van der Waals surface area contributed by atoms with Crippen LogP contribution in [0.5, 0.6) is 0 Å². The topological polar surface area (TPSA) is 23.6 Å². The third-order valence-corrected chi connectivity index (χ3v) is 5.73. The van der Waals surface area contributed by atoms with Crippen LogP contribution < -0.4 is 0 Å². The minimum atomic E-state index is 0.0763. The molecule has 1 saturated heterocycles. The highest BCUT2D eigenvalue weighted by Gasteiger charge is 2.22. The smallest absolute Gasteiger partial charge is 0.265 e. The Kier molecular flexibility index (Phi) is 4.95. The first-order valence-corrected chi connectivity index (χ1v) is 9.20. The predicted molar refractivity (Wildman–Crippen MR) is 89.4 cm³/mol. The number of hydrogen-bond donors (Lipinski definition) is 0. The molecule has 0 bridgehead atoms. The van der Waals surface area contributed by atoms with Crippen LogP contribution in [0.25, 0.3) is 0 Å². The first-order valence-electron chi connectivity index (χ1n) is 7.00. The monoisotopic (exact) mass is 340 g/mol. The summed E-state index contributed by atoms with van der Waals surface area (Å²) in [5.41, 5.74) is 1.36. The van der Waals surface area contributed by atoms with Gasteiger partial charge in [0.05, 0.1) is 5.02 Å². The number of halogens is 1. The molecule has 0 saturated carbocycles. The van der Waals surface area contributed by atoms with Crippen molar-refractivity contribution in [1.29, 1.82) is 0 Å². The van der Waals surface area contributed by atoms with Crippen LogP contribution in [0.4, 0.5) is 0 Å². The van der Waals surface area contributed by atoms with E-state index < -0.39 is 0 Å². The summed E-state index contributed by atoms with van der Waals surface area (Å²) in [5.74, 6) is 0.0763. The molecular weight excluding hydrogens is 324 g/mol. The Bertz CT molecular complexity index is 597. The largest absolute Gasteiger partial charge is 0.337 e. The summed E-state index contributed by atoms with van der Waals surface area (Å²) in [6.07, 6.45) is 1.01. The van der Waals surface area contributed by atoms with Gasteiger partial charge in [-0.05, 0) is 40.3 Å². The van der Waals surface area contributed by atoms with E-state index in [9.17, 15) is 4.79 Å². The van der Waals surface area contributed by atoms with Crippen molar-refractivity contribution in [3.05, 3.63) is 43.7 Å². The first-order chi connectivity index (χ1) is 10.2. The Labute approximate surface area is 137 Å². The van der Waals surface area contributed by atoms with Crippen LogP contribution in [0.2, 0.25) is 5.02 Å². The molecule has 1 amide bonds. The van der Waals surface area contributed by atoms with Gasteiger partial charge in [0.2, 0.25) is 0 Å². The second kappa shape index (κ2) is 6.92. The van der Waals surface area contributed by atoms with E-state index in [0.717, 1.165) is 39.1 Å². The molecule has 0 unspecified atom stereocenters. The fourth-order valence-corrected chi connectivity index (χ4v) is 4.33. The van der Waals surface area contributed by atoms with Gasteiger partial charge in [0.1, 0.15) is 4.88 Å². The number of thiophene rings is 2.